The minimum atomic E-state index is -0.741. The third-order valence-electron chi connectivity index (χ3n) is 14.4. The molecule has 398 valence electrons. The van der Waals surface area contributed by atoms with E-state index in [4.69, 9.17) is 14.3 Å². The third kappa shape index (κ3) is 16.9. The highest BCUT2D eigenvalue weighted by atomic mass is 16.7. The van der Waals surface area contributed by atoms with E-state index >= 15 is 0 Å². The SMILES string of the molecule is CC[C@H](C)[C@@H]([C@@H](CC(=O)N1CCC[C@H]1[C@H](OC)[C@@H](C)C(=O)N[C@H](/C=C/c1ccccc1)Cc1ccccc1)OC)N(C)[C@H](C(=O)NC(=O)[C@H](C(C)C)N(C)CCCCCC(=O)ON1C(=O)CCC1=O)C(C)C. The normalized spacial score (nSPS) is 18.6. The van der Waals surface area contributed by atoms with Gasteiger partial charge in [0, 0.05) is 46.1 Å². The Hall–Kier alpha value is -5.29. The summed E-state index contributed by atoms with van der Waals surface area (Å²) in [7, 11) is 6.89. The molecule has 9 atom stereocenters. The second kappa shape index (κ2) is 29.4. The Kier molecular flexibility index (Phi) is 24.2. The number of carbonyl (C=O) groups excluding carboxylic acids is 7. The molecule has 2 saturated heterocycles. The van der Waals surface area contributed by atoms with Gasteiger partial charge in [-0.1, -0.05) is 134 Å². The van der Waals surface area contributed by atoms with Gasteiger partial charge in [0.2, 0.25) is 23.6 Å². The quantitative estimate of drug-likeness (QED) is 0.0658. The van der Waals surface area contributed by atoms with Crippen LogP contribution in [0.4, 0.5) is 0 Å². The van der Waals surface area contributed by atoms with Crippen molar-refractivity contribution in [1.82, 2.24) is 30.4 Å². The molecule has 2 aliphatic rings. The molecule has 6 amide bonds. The van der Waals surface area contributed by atoms with Gasteiger partial charge in [-0.15, -0.1) is 5.06 Å². The summed E-state index contributed by atoms with van der Waals surface area (Å²) in [5, 5.41) is 6.57. The van der Waals surface area contributed by atoms with Crippen LogP contribution in [-0.2, 0) is 54.3 Å². The van der Waals surface area contributed by atoms with Crippen molar-refractivity contribution >= 4 is 47.5 Å². The number of amides is 6. The summed E-state index contributed by atoms with van der Waals surface area (Å²) in [5.74, 6) is -3.75. The molecule has 4 rings (SSSR count). The molecule has 16 heteroatoms. The van der Waals surface area contributed by atoms with Gasteiger partial charge >= 0.3 is 5.97 Å². The first-order valence-electron chi connectivity index (χ1n) is 26.1. The molecule has 2 aliphatic heterocycles. The van der Waals surface area contributed by atoms with Crippen molar-refractivity contribution in [2.75, 3.05) is 41.4 Å². The largest absolute Gasteiger partial charge is 0.379 e. The number of nitrogens with zero attached hydrogens (tertiary/aromatic N) is 4. The molecule has 2 aromatic carbocycles. The number of benzene rings is 2. The lowest BCUT2D eigenvalue weighted by atomic mass is 9.87. The van der Waals surface area contributed by atoms with Crippen LogP contribution in [0, 0.1) is 23.7 Å². The van der Waals surface area contributed by atoms with E-state index in [0.717, 1.165) is 24.0 Å². The maximum atomic E-state index is 14.6. The molecule has 2 N–H and O–H groups in total. The van der Waals surface area contributed by atoms with Crippen LogP contribution in [0.25, 0.3) is 6.08 Å². The topological polar surface area (TPSA) is 184 Å². The second-order valence-corrected chi connectivity index (χ2v) is 20.4. The summed E-state index contributed by atoms with van der Waals surface area (Å²) < 4.78 is 12.3. The number of hydroxylamine groups is 2. The van der Waals surface area contributed by atoms with Crippen molar-refractivity contribution in [1.29, 1.82) is 0 Å². The van der Waals surface area contributed by atoms with Gasteiger partial charge in [-0.25, -0.2) is 4.79 Å². The van der Waals surface area contributed by atoms with E-state index < -0.39 is 59.8 Å². The van der Waals surface area contributed by atoms with Crippen molar-refractivity contribution in [3.63, 3.8) is 0 Å². The van der Waals surface area contributed by atoms with Crippen molar-refractivity contribution in [3.05, 3.63) is 77.9 Å². The number of rotatable bonds is 29. The molecular weight excluding hydrogens is 917 g/mol. The lowest BCUT2D eigenvalue weighted by Gasteiger charge is -2.43. The Morgan fingerprint density at radius 3 is 1.99 bits per heavy atom. The molecule has 0 saturated carbocycles. The minimum Gasteiger partial charge on any atom is -0.379 e. The van der Waals surface area contributed by atoms with Crippen LogP contribution in [0.5, 0.6) is 0 Å². The average molecular weight is 1000 g/mol. The van der Waals surface area contributed by atoms with Gasteiger partial charge in [-0.05, 0) is 81.6 Å². The van der Waals surface area contributed by atoms with Crippen molar-refractivity contribution in [2.24, 2.45) is 23.7 Å². The van der Waals surface area contributed by atoms with E-state index in [1.807, 2.05) is 136 Å². The number of likely N-dealkylation sites (N-methyl/N-ethyl adjacent to an activating group) is 2. The molecule has 72 heavy (non-hydrogen) atoms. The van der Waals surface area contributed by atoms with E-state index in [0.29, 0.717) is 50.3 Å². The summed E-state index contributed by atoms with van der Waals surface area (Å²) in [4.78, 5) is 104. The van der Waals surface area contributed by atoms with Gasteiger partial charge in [-0.2, -0.15) is 0 Å². The van der Waals surface area contributed by atoms with Gasteiger partial charge < -0.3 is 24.5 Å². The van der Waals surface area contributed by atoms with Crippen LogP contribution >= 0.6 is 0 Å². The van der Waals surface area contributed by atoms with Gasteiger partial charge in [0.25, 0.3) is 11.8 Å². The highest BCUT2D eigenvalue weighted by Gasteiger charge is 2.44. The number of carbonyl (C=O) groups is 7. The fraction of sp³-hybridized carbons (Fsp3) is 0.625. The van der Waals surface area contributed by atoms with Crippen LogP contribution in [0.2, 0.25) is 0 Å². The van der Waals surface area contributed by atoms with Crippen LogP contribution in [0.1, 0.15) is 124 Å². The number of hydrogen-bond acceptors (Lipinski definition) is 12. The number of hydrogen-bond donors (Lipinski definition) is 2. The minimum absolute atomic E-state index is 0.0105. The molecule has 0 aromatic heterocycles. The highest BCUT2D eigenvalue weighted by molar-refractivity contribution is 6.01. The molecule has 0 bridgehead atoms. The highest BCUT2D eigenvalue weighted by Crippen LogP contribution is 2.31. The van der Waals surface area contributed by atoms with Crippen molar-refractivity contribution < 1.29 is 47.9 Å². The van der Waals surface area contributed by atoms with Crippen molar-refractivity contribution in [2.45, 2.75) is 162 Å². The first-order valence-corrected chi connectivity index (χ1v) is 26.1. The molecule has 0 aliphatic carbocycles. The smallest absolute Gasteiger partial charge is 0.333 e. The number of ether oxygens (including phenoxy) is 2. The number of methoxy groups -OCH3 is 2. The molecule has 0 spiro atoms. The average Bonchev–Trinajstić information content (AvgIpc) is 3.96. The van der Waals surface area contributed by atoms with Crippen molar-refractivity contribution in [3.8, 4) is 0 Å². The predicted octanol–water partition coefficient (Wildman–Crippen LogP) is 6.61. The Morgan fingerprint density at radius 2 is 1.40 bits per heavy atom. The zero-order chi connectivity index (χ0) is 53.1. The fourth-order valence-electron chi connectivity index (χ4n) is 10.5. The fourth-order valence-corrected chi connectivity index (χ4v) is 10.5. The third-order valence-corrected chi connectivity index (χ3v) is 14.4. The maximum absolute atomic E-state index is 14.6. The lowest BCUT2D eigenvalue weighted by molar-refractivity contribution is -0.197. The molecule has 0 unspecified atom stereocenters. The molecule has 2 heterocycles. The summed E-state index contributed by atoms with van der Waals surface area (Å²) in [6.07, 6.45) is 7.55. The summed E-state index contributed by atoms with van der Waals surface area (Å²) in [6, 6.07) is 17.6. The first-order chi connectivity index (χ1) is 34.3. The van der Waals surface area contributed by atoms with Crippen LogP contribution < -0.4 is 10.6 Å². The van der Waals surface area contributed by atoms with Gasteiger partial charge in [0.15, 0.2) is 0 Å². The first kappa shape index (κ1) is 59.3. The molecule has 2 fully saturated rings. The van der Waals surface area contributed by atoms with E-state index in [9.17, 15) is 33.6 Å². The van der Waals surface area contributed by atoms with Gasteiger partial charge in [0.05, 0.1) is 48.7 Å². The predicted molar refractivity (Wildman–Crippen MR) is 277 cm³/mol. The number of likely N-dealkylation sites (tertiary alicyclic amines) is 1. The number of nitrogens with one attached hydrogen (secondary N) is 2. The Balaban J connectivity index is 1.41. The van der Waals surface area contributed by atoms with E-state index in [2.05, 4.69) is 24.5 Å². The molecule has 2 aromatic rings. The van der Waals surface area contributed by atoms with Gasteiger partial charge in [-0.3, -0.25) is 43.9 Å². The maximum Gasteiger partial charge on any atom is 0.333 e. The zero-order valence-corrected chi connectivity index (χ0v) is 44.8. The number of unbranched alkanes of at least 4 members (excludes halogenated alkanes) is 2. The molecule has 0 radical (unpaired) electrons. The number of imide groups is 2. The summed E-state index contributed by atoms with van der Waals surface area (Å²) >= 11 is 0. The summed E-state index contributed by atoms with van der Waals surface area (Å²) in [5.41, 5.74) is 2.12. The van der Waals surface area contributed by atoms with Crippen LogP contribution in [0.3, 0.4) is 0 Å². The Labute approximate surface area is 428 Å². The summed E-state index contributed by atoms with van der Waals surface area (Å²) in [6.45, 7) is 14.8. The zero-order valence-electron chi connectivity index (χ0n) is 44.8. The lowest BCUT2D eigenvalue weighted by Crippen LogP contribution is -2.60. The molecular formula is C56H84N6O10. The van der Waals surface area contributed by atoms with Crippen LogP contribution in [-0.4, -0.2) is 145 Å². The van der Waals surface area contributed by atoms with Crippen LogP contribution in [0.15, 0.2) is 66.7 Å². The van der Waals surface area contributed by atoms with E-state index in [-0.39, 0.29) is 73.4 Å². The van der Waals surface area contributed by atoms with E-state index in [1.54, 1.807) is 14.2 Å². The van der Waals surface area contributed by atoms with Gasteiger partial charge in [0.1, 0.15) is 0 Å². The standard InChI is InChI=1S/C56H84N6O10/c1-12-39(6)52(60(9)51(38(4)5)56(69)58-55(68)50(37(2)3)59(8)33-21-15-20-28-49(66)72-62-46(63)31-32-47(62)64)45(70-10)36-48(65)61-34-22-27-44(61)53(71-11)40(7)54(67)57-43(35-42-25-18-14-19-26-42)30-29-41-23-16-13-17-24-41/h13-14,16-19,23-26,29-30,37-40,43-45,50-53H,12,15,20-22,27-28,31-36H2,1-11H3,(H,57,67)(H,58,68,69)/b30-29+/t39-,40+,43+,44-,45+,50-,51-,52-,53+/m0/s1. The second-order valence-electron chi connectivity index (χ2n) is 20.4. The monoisotopic (exact) mass is 1000 g/mol. The Morgan fingerprint density at radius 1 is 0.792 bits per heavy atom. The Bertz CT molecular complexity index is 2090. The molecule has 16 nitrogen and oxygen atoms in total. The van der Waals surface area contributed by atoms with E-state index in [1.165, 1.54) is 0 Å².